The summed E-state index contributed by atoms with van der Waals surface area (Å²) in [5.41, 5.74) is 1.74. The molecule has 0 radical (unpaired) electrons. The third kappa shape index (κ3) is 6.36. The number of halogens is 3. The van der Waals surface area contributed by atoms with Crippen molar-refractivity contribution in [2.24, 2.45) is 0 Å². The minimum atomic E-state index is -4.51. The molecule has 1 aliphatic heterocycles. The van der Waals surface area contributed by atoms with E-state index >= 15 is 0 Å². The largest absolute Gasteiger partial charge is 0.493 e. The molecule has 1 fully saturated rings. The molecule has 5 rings (SSSR count). The van der Waals surface area contributed by atoms with E-state index in [-0.39, 0.29) is 11.1 Å². The minimum absolute atomic E-state index is 0.101. The average molecular weight is 550 g/mol. The van der Waals surface area contributed by atoms with Gasteiger partial charge in [-0.15, -0.1) is 0 Å². The Hall–Kier alpha value is -3.72. The average Bonchev–Trinajstić information content (AvgIpc) is 2.92. The van der Waals surface area contributed by atoms with Crippen molar-refractivity contribution in [1.29, 1.82) is 0 Å². The first-order valence-electron chi connectivity index (χ1n) is 13.6. The van der Waals surface area contributed by atoms with E-state index in [9.17, 15) is 13.2 Å². The van der Waals surface area contributed by atoms with E-state index in [4.69, 9.17) is 4.74 Å². The van der Waals surface area contributed by atoms with E-state index in [1.54, 1.807) is 18.2 Å². The number of hydrogen-bond acceptors (Lipinski definition) is 6. The molecule has 40 heavy (non-hydrogen) atoms. The second kappa shape index (κ2) is 11.4. The number of fused-ring (bicyclic) bond motifs is 1. The predicted octanol–water partition coefficient (Wildman–Crippen LogP) is 7.66. The van der Waals surface area contributed by atoms with Gasteiger partial charge in [-0.25, -0.2) is 9.97 Å². The maximum Gasteiger partial charge on any atom is 0.418 e. The van der Waals surface area contributed by atoms with Crippen molar-refractivity contribution in [2.45, 2.75) is 64.1 Å². The van der Waals surface area contributed by atoms with Gasteiger partial charge in [0, 0.05) is 34.9 Å². The molecule has 1 saturated heterocycles. The molecular formula is C31H34F3N5O. The van der Waals surface area contributed by atoms with Gasteiger partial charge in [0.25, 0.3) is 0 Å². The normalized spacial score (nSPS) is 16.2. The molecule has 0 bridgehead atoms. The van der Waals surface area contributed by atoms with Gasteiger partial charge < -0.3 is 15.4 Å². The minimum Gasteiger partial charge on any atom is -0.493 e. The van der Waals surface area contributed by atoms with E-state index in [0.717, 1.165) is 36.0 Å². The molecule has 2 N–H and O–H groups in total. The number of benzene rings is 2. The smallest absolute Gasteiger partial charge is 0.418 e. The first-order valence-corrected chi connectivity index (χ1v) is 13.6. The number of piperidine rings is 1. The molecule has 2 aromatic heterocycles. The van der Waals surface area contributed by atoms with Gasteiger partial charge in [0.05, 0.1) is 23.4 Å². The summed E-state index contributed by atoms with van der Waals surface area (Å²) >= 11 is 0. The summed E-state index contributed by atoms with van der Waals surface area (Å²) in [7, 11) is 0. The lowest BCUT2D eigenvalue weighted by Gasteiger charge is -2.26. The number of rotatable bonds is 7. The predicted molar refractivity (Wildman–Crippen MR) is 152 cm³/mol. The van der Waals surface area contributed by atoms with Gasteiger partial charge in [-0.2, -0.15) is 13.2 Å². The molecule has 6 nitrogen and oxygen atoms in total. The van der Waals surface area contributed by atoms with Gasteiger partial charge in [0.1, 0.15) is 17.9 Å². The van der Waals surface area contributed by atoms with Gasteiger partial charge in [-0.05, 0) is 67.1 Å². The fraction of sp³-hybridized carbons (Fsp3) is 0.387. The molecule has 1 aliphatic rings. The highest BCUT2D eigenvalue weighted by Gasteiger charge is 2.34. The Bertz CT molecular complexity index is 1480. The van der Waals surface area contributed by atoms with Crippen LogP contribution in [-0.2, 0) is 11.6 Å². The number of anilines is 2. The molecule has 0 spiro atoms. The number of alkyl halides is 3. The van der Waals surface area contributed by atoms with Crippen LogP contribution in [0.15, 0.2) is 61.1 Å². The highest BCUT2D eigenvalue weighted by Crippen LogP contribution is 2.38. The molecular weight excluding hydrogens is 515 g/mol. The van der Waals surface area contributed by atoms with Gasteiger partial charge in [-0.1, -0.05) is 39.3 Å². The number of aromatic nitrogens is 3. The number of pyridine rings is 1. The zero-order chi connectivity index (χ0) is 28.3. The SMILES string of the molecule is CC(C)(C)c1ccc(Nc2ncnc3cc(-c4ncccc4C(F)(F)F)ccc23)cc1OCCC1CCCCN1. The molecule has 1 unspecified atom stereocenters. The molecule has 0 amide bonds. The second-order valence-corrected chi connectivity index (χ2v) is 11.2. The molecule has 0 saturated carbocycles. The Morgan fingerprint density at radius 3 is 2.58 bits per heavy atom. The van der Waals surface area contributed by atoms with E-state index in [1.165, 1.54) is 37.9 Å². The summed E-state index contributed by atoms with van der Waals surface area (Å²) in [6.07, 6.45) is 2.86. The zero-order valence-electron chi connectivity index (χ0n) is 23.0. The first kappa shape index (κ1) is 27.8. The highest BCUT2D eigenvalue weighted by molar-refractivity contribution is 5.93. The summed E-state index contributed by atoms with van der Waals surface area (Å²) in [6.45, 7) is 8.17. The lowest BCUT2D eigenvalue weighted by molar-refractivity contribution is -0.137. The first-order chi connectivity index (χ1) is 19.1. The van der Waals surface area contributed by atoms with Crippen molar-refractivity contribution in [2.75, 3.05) is 18.5 Å². The van der Waals surface area contributed by atoms with Crippen molar-refractivity contribution < 1.29 is 17.9 Å². The van der Waals surface area contributed by atoms with Crippen LogP contribution in [0.1, 0.15) is 57.6 Å². The van der Waals surface area contributed by atoms with Crippen LogP contribution in [0, 0.1) is 0 Å². The van der Waals surface area contributed by atoms with Crippen LogP contribution in [0.25, 0.3) is 22.2 Å². The summed E-state index contributed by atoms with van der Waals surface area (Å²) in [5.74, 6) is 1.37. The number of nitrogens with one attached hydrogen (secondary N) is 2. The molecule has 2 aromatic carbocycles. The lowest BCUT2D eigenvalue weighted by Crippen LogP contribution is -2.35. The molecule has 3 heterocycles. The van der Waals surface area contributed by atoms with Crippen LogP contribution in [-0.4, -0.2) is 34.1 Å². The molecule has 4 aromatic rings. The maximum atomic E-state index is 13.6. The van der Waals surface area contributed by atoms with Crippen molar-refractivity contribution in [3.05, 3.63) is 72.2 Å². The van der Waals surface area contributed by atoms with E-state index < -0.39 is 11.7 Å². The number of hydrogen-bond donors (Lipinski definition) is 2. The standard InChI is InChI=1S/C31H34F3N5O/c1-30(2,3)24-12-10-22(18-27(24)40-16-13-21-7-4-5-14-35-21)39-29-23-11-9-20(17-26(23)37-19-38-29)28-25(31(32,33)34)8-6-15-36-28/h6,8-12,15,17-19,21,35H,4-5,7,13-14,16H2,1-3H3,(H,37,38,39). The molecule has 210 valence electrons. The summed E-state index contributed by atoms with van der Waals surface area (Å²) in [6, 6.07) is 13.8. The van der Waals surface area contributed by atoms with Crippen molar-refractivity contribution in [3.63, 3.8) is 0 Å². The third-order valence-electron chi connectivity index (χ3n) is 7.21. The maximum absolute atomic E-state index is 13.6. The summed E-state index contributed by atoms with van der Waals surface area (Å²) < 4.78 is 47.0. The van der Waals surface area contributed by atoms with E-state index in [0.29, 0.717) is 34.9 Å². The fourth-order valence-corrected chi connectivity index (χ4v) is 5.13. The summed E-state index contributed by atoms with van der Waals surface area (Å²) in [4.78, 5) is 12.7. The van der Waals surface area contributed by atoms with Gasteiger partial charge in [-0.3, -0.25) is 4.98 Å². The van der Waals surface area contributed by atoms with Crippen LogP contribution in [0.5, 0.6) is 5.75 Å². The number of nitrogens with zero attached hydrogens (tertiary/aromatic N) is 3. The van der Waals surface area contributed by atoms with Gasteiger partial charge >= 0.3 is 6.18 Å². The van der Waals surface area contributed by atoms with Crippen LogP contribution in [0.2, 0.25) is 0 Å². The fourth-order valence-electron chi connectivity index (χ4n) is 5.13. The lowest BCUT2D eigenvalue weighted by atomic mass is 9.86. The monoisotopic (exact) mass is 549 g/mol. The Labute approximate surface area is 232 Å². The van der Waals surface area contributed by atoms with Crippen LogP contribution < -0.4 is 15.4 Å². The van der Waals surface area contributed by atoms with Gasteiger partial charge in [0.15, 0.2) is 0 Å². The Kier molecular flexibility index (Phi) is 7.94. The van der Waals surface area contributed by atoms with Crippen molar-refractivity contribution in [3.8, 4) is 17.0 Å². The Morgan fingerprint density at radius 2 is 1.82 bits per heavy atom. The van der Waals surface area contributed by atoms with Crippen LogP contribution >= 0.6 is 0 Å². The Balaban J connectivity index is 1.41. The van der Waals surface area contributed by atoms with Crippen molar-refractivity contribution >= 4 is 22.4 Å². The molecule has 9 heteroatoms. The van der Waals surface area contributed by atoms with E-state index in [2.05, 4.69) is 52.4 Å². The molecule has 1 atom stereocenters. The zero-order valence-corrected chi connectivity index (χ0v) is 23.0. The quantitative estimate of drug-likeness (QED) is 0.247. The van der Waals surface area contributed by atoms with Crippen LogP contribution in [0.3, 0.4) is 0 Å². The topological polar surface area (TPSA) is 72.0 Å². The molecule has 0 aliphatic carbocycles. The highest BCUT2D eigenvalue weighted by atomic mass is 19.4. The van der Waals surface area contributed by atoms with E-state index in [1.807, 2.05) is 12.1 Å². The van der Waals surface area contributed by atoms with Crippen LogP contribution in [0.4, 0.5) is 24.7 Å². The summed E-state index contributed by atoms with van der Waals surface area (Å²) in [5, 5.41) is 7.61. The van der Waals surface area contributed by atoms with Crippen molar-refractivity contribution in [1.82, 2.24) is 20.3 Å². The van der Waals surface area contributed by atoms with Gasteiger partial charge in [0.2, 0.25) is 0 Å². The Morgan fingerprint density at radius 1 is 0.975 bits per heavy atom. The third-order valence-corrected chi connectivity index (χ3v) is 7.21. The second-order valence-electron chi connectivity index (χ2n) is 11.2. The number of ether oxygens (including phenoxy) is 1.